The molecular formula is C16H21N5. The number of benzene rings is 1. The predicted molar refractivity (Wildman–Crippen MR) is 85.7 cm³/mol. The van der Waals surface area contributed by atoms with Crippen LogP contribution in [0.4, 0.5) is 5.69 Å². The van der Waals surface area contributed by atoms with Crippen LogP contribution in [0.25, 0.3) is 0 Å². The van der Waals surface area contributed by atoms with Crippen LogP contribution in [-0.4, -0.2) is 35.4 Å². The summed E-state index contributed by atoms with van der Waals surface area (Å²) in [7, 11) is 0. The third-order valence-electron chi connectivity index (χ3n) is 3.63. The first-order valence-electron chi connectivity index (χ1n) is 7.49. The van der Waals surface area contributed by atoms with Gasteiger partial charge in [0.25, 0.3) is 0 Å². The monoisotopic (exact) mass is 283 g/mol. The Morgan fingerprint density at radius 1 is 1.33 bits per heavy atom. The molecule has 1 aliphatic rings. The van der Waals surface area contributed by atoms with Crippen molar-refractivity contribution < 1.29 is 0 Å². The van der Waals surface area contributed by atoms with Gasteiger partial charge < -0.3 is 10.2 Å². The van der Waals surface area contributed by atoms with Gasteiger partial charge in [-0.15, -0.1) is 0 Å². The largest absolute Gasteiger partial charge is 0.356 e. The number of rotatable bonds is 4. The van der Waals surface area contributed by atoms with E-state index in [4.69, 9.17) is 4.99 Å². The van der Waals surface area contributed by atoms with E-state index in [1.165, 1.54) is 11.3 Å². The fourth-order valence-electron chi connectivity index (χ4n) is 2.64. The van der Waals surface area contributed by atoms with Crippen LogP contribution in [0.1, 0.15) is 12.5 Å². The van der Waals surface area contributed by atoms with E-state index in [0.717, 1.165) is 38.6 Å². The maximum Gasteiger partial charge on any atom is 0.198 e. The van der Waals surface area contributed by atoms with Gasteiger partial charge in [0.05, 0.1) is 13.1 Å². The Kier molecular flexibility index (Phi) is 4.19. The van der Waals surface area contributed by atoms with Crippen molar-refractivity contribution in [2.75, 3.05) is 24.5 Å². The lowest BCUT2D eigenvalue weighted by molar-refractivity contribution is 0.623. The molecule has 1 aliphatic heterocycles. The van der Waals surface area contributed by atoms with Crippen molar-refractivity contribution in [3.63, 3.8) is 0 Å². The Morgan fingerprint density at radius 2 is 2.24 bits per heavy atom. The average Bonchev–Trinajstić information content (AvgIpc) is 3.16. The van der Waals surface area contributed by atoms with Crippen LogP contribution in [0.2, 0.25) is 0 Å². The summed E-state index contributed by atoms with van der Waals surface area (Å²) in [4.78, 5) is 7.02. The second kappa shape index (κ2) is 6.43. The predicted octanol–water partition coefficient (Wildman–Crippen LogP) is 1.91. The average molecular weight is 283 g/mol. The fraction of sp³-hybridized carbons (Fsp3) is 0.375. The number of fused-ring (bicyclic) bond motifs is 1. The lowest BCUT2D eigenvalue weighted by Gasteiger charge is -2.22. The lowest BCUT2D eigenvalue weighted by atomic mass is 10.2. The van der Waals surface area contributed by atoms with Crippen molar-refractivity contribution in [1.82, 2.24) is 15.1 Å². The molecule has 1 aromatic carbocycles. The Balaban J connectivity index is 1.72. The molecule has 110 valence electrons. The number of guanidine groups is 1. The molecule has 0 amide bonds. The number of nitrogens with zero attached hydrogens (tertiary/aromatic N) is 4. The number of hydrogen-bond acceptors (Lipinski definition) is 2. The van der Waals surface area contributed by atoms with Gasteiger partial charge in [0.2, 0.25) is 0 Å². The SMILES string of the molecule is CCNC(=NCCn1cccn1)N1CCc2ccccc21. The second-order valence-electron chi connectivity index (χ2n) is 5.04. The fourth-order valence-corrected chi connectivity index (χ4v) is 2.64. The van der Waals surface area contributed by atoms with Crippen LogP contribution >= 0.6 is 0 Å². The standard InChI is InChI=1S/C16H21N5/c1-2-17-16(18-10-13-20-11-5-9-19-20)21-12-8-14-6-3-4-7-15(14)21/h3-7,9,11H,2,8,10,12-13H2,1H3,(H,17,18). The van der Waals surface area contributed by atoms with Crippen LogP contribution in [0, 0.1) is 0 Å². The highest BCUT2D eigenvalue weighted by molar-refractivity contribution is 5.97. The Bertz CT molecular complexity index is 603. The molecule has 0 saturated carbocycles. The molecule has 0 atom stereocenters. The van der Waals surface area contributed by atoms with Crippen LogP contribution in [0.5, 0.6) is 0 Å². The first-order chi connectivity index (χ1) is 10.4. The minimum Gasteiger partial charge on any atom is -0.356 e. The minimum absolute atomic E-state index is 0.725. The molecule has 0 aliphatic carbocycles. The van der Waals surface area contributed by atoms with Crippen LogP contribution < -0.4 is 10.2 Å². The van der Waals surface area contributed by atoms with Gasteiger partial charge in [-0.2, -0.15) is 5.10 Å². The summed E-state index contributed by atoms with van der Waals surface area (Å²) in [5.74, 6) is 0.967. The number of hydrogen-bond donors (Lipinski definition) is 1. The molecule has 21 heavy (non-hydrogen) atoms. The van der Waals surface area contributed by atoms with Gasteiger partial charge in [0.1, 0.15) is 0 Å². The quantitative estimate of drug-likeness (QED) is 0.688. The van der Waals surface area contributed by atoms with E-state index in [2.05, 4.69) is 46.5 Å². The topological polar surface area (TPSA) is 45.5 Å². The summed E-state index contributed by atoms with van der Waals surface area (Å²) in [5, 5.41) is 7.60. The van der Waals surface area contributed by atoms with E-state index in [1.807, 2.05) is 16.9 Å². The summed E-state index contributed by atoms with van der Waals surface area (Å²) in [6.45, 7) is 5.50. The van der Waals surface area contributed by atoms with Crippen LogP contribution in [0.15, 0.2) is 47.7 Å². The summed E-state index contributed by atoms with van der Waals surface area (Å²) in [6, 6.07) is 10.5. The summed E-state index contributed by atoms with van der Waals surface area (Å²) in [5.41, 5.74) is 2.67. The molecule has 1 N–H and O–H groups in total. The van der Waals surface area contributed by atoms with E-state index in [0.29, 0.717) is 0 Å². The molecule has 0 fully saturated rings. The Morgan fingerprint density at radius 3 is 3.05 bits per heavy atom. The molecular weight excluding hydrogens is 262 g/mol. The number of aliphatic imine (C=N–C) groups is 1. The minimum atomic E-state index is 0.725. The van der Waals surface area contributed by atoms with Crippen molar-refractivity contribution in [2.45, 2.75) is 19.9 Å². The molecule has 2 heterocycles. The van der Waals surface area contributed by atoms with Crippen molar-refractivity contribution in [3.8, 4) is 0 Å². The third-order valence-corrected chi connectivity index (χ3v) is 3.63. The molecule has 0 radical (unpaired) electrons. The van der Waals surface area contributed by atoms with Crippen molar-refractivity contribution in [3.05, 3.63) is 48.3 Å². The van der Waals surface area contributed by atoms with Gasteiger partial charge in [-0.25, -0.2) is 0 Å². The second-order valence-corrected chi connectivity index (χ2v) is 5.04. The molecule has 0 saturated heterocycles. The van der Waals surface area contributed by atoms with Gasteiger partial charge in [0.15, 0.2) is 5.96 Å². The Hall–Kier alpha value is -2.30. The van der Waals surface area contributed by atoms with E-state index in [9.17, 15) is 0 Å². The first kappa shape index (κ1) is 13.7. The first-order valence-corrected chi connectivity index (χ1v) is 7.49. The van der Waals surface area contributed by atoms with E-state index in [-0.39, 0.29) is 0 Å². The van der Waals surface area contributed by atoms with E-state index >= 15 is 0 Å². The van der Waals surface area contributed by atoms with Gasteiger partial charge in [-0.05, 0) is 31.0 Å². The van der Waals surface area contributed by atoms with E-state index in [1.54, 1.807) is 6.20 Å². The van der Waals surface area contributed by atoms with Crippen LogP contribution in [-0.2, 0) is 13.0 Å². The highest BCUT2D eigenvalue weighted by atomic mass is 15.3. The molecule has 3 rings (SSSR count). The molecule has 1 aromatic heterocycles. The third kappa shape index (κ3) is 3.07. The molecule has 2 aromatic rings. The molecule has 5 nitrogen and oxygen atoms in total. The normalized spacial score (nSPS) is 14.3. The molecule has 5 heteroatoms. The molecule has 0 spiro atoms. The number of nitrogens with one attached hydrogen (secondary N) is 1. The zero-order valence-electron chi connectivity index (χ0n) is 12.4. The van der Waals surface area contributed by atoms with E-state index < -0.39 is 0 Å². The van der Waals surface area contributed by atoms with Crippen molar-refractivity contribution in [1.29, 1.82) is 0 Å². The zero-order chi connectivity index (χ0) is 14.5. The number of aromatic nitrogens is 2. The summed E-state index contributed by atoms with van der Waals surface area (Å²) in [6.07, 6.45) is 4.85. The van der Waals surface area contributed by atoms with Crippen molar-refractivity contribution in [2.24, 2.45) is 4.99 Å². The smallest absolute Gasteiger partial charge is 0.198 e. The van der Waals surface area contributed by atoms with Crippen LogP contribution in [0.3, 0.4) is 0 Å². The highest BCUT2D eigenvalue weighted by Gasteiger charge is 2.22. The molecule has 0 bridgehead atoms. The van der Waals surface area contributed by atoms with Gasteiger partial charge in [-0.1, -0.05) is 18.2 Å². The van der Waals surface area contributed by atoms with Gasteiger partial charge in [0, 0.05) is 31.2 Å². The van der Waals surface area contributed by atoms with Crippen molar-refractivity contribution >= 4 is 11.6 Å². The number of anilines is 1. The highest BCUT2D eigenvalue weighted by Crippen LogP contribution is 2.27. The Labute approximate surface area is 125 Å². The molecule has 0 unspecified atom stereocenters. The summed E-state index contributed by atoms with van der Waals surface area (Å²) < 4.78 is 1.91. The number of para-hydroxylation sites is 1. The zero-order valence-corrected chi connectivity index (χ0v) is 12.4. The maximum absolute atomic E-state index is 4.74. The summed E-state index contributed by atoms with van der Waals surface area (Å²) >= 11 is 0. The lowest BCUT2D eigenvalue weighted by Crippen LogP contribution is -2.40. The van der Waals surface area contributed by atoms with Gasteiger partial charge >= 0.3 is 0 Å². The van der Waals surface area contributed by atoms with Gasteiger partial charge in [-0.3, -0.25) is 9.67 Å². The maximum atomic E-state index is 4.74.